The summed E-state index contributed by atoms with van der Waals surface area (Å²) in [6.45, 7) is 1.18. The summed E-state index contributed by atoms with van der Waals surface area (Å²) in [5.74, 6) is -0.960. The number of rotatable bonds is 3. The second-order valence-corrected chi connectivity index (χ2v) is 3.23. The number of ketones is 1. The number of halogens is 3. The van der Waals surface area contributed by atoms with Crippen LogP contribution in [0.3, 0.4) is 0 Å². The van der Waals surface area contributed by atoms with Crippen LogP contribution in [0.4, 0.5) is 13.2 Å². The second-order valence-electron chi connectivity index (χ2n) is 3.23. The highest BCUT2D eigenvalue weighted by molar-refractivity contribution is 6.11. The zero-order chi connectivity index (χ0) is 13.1. The summed E-state index contributed by atoms with van der Waals surface area (Å²) >= 11 is 0. The SMILES string of the molecule is C/C=C(/C(=O)c1ccccc1OC)C(F)(F)F. The number of carbonyl (C=O) groups excluding carboxylic acids is 1. The molecule has 2 nitrogen and oxygen atoms in total. The lowest BCUT2D eigenvalue weighted by atomic mass is 10.0. The van der Waals surface area contributed by atoms with Crippen molar-refractivity contribution >= 4 is 5.78 Å². The molecule has 1 aromatic carbocycles. The minimum absolute atomic E-state index is 0.0968. The molecule has 0 spiro atoms. The number of hydrogen-bond donors (Lipinski definition) is 0. The Labute approximate surface area is 96.7 Å². The highest BCUT2D eigenvalue weighted by atomic mass is 19.4. The van der Waals surface area contributed by atoms with Gasteiger partial charge < -0.3 is 4.74 Å². The van der Waals surface area contributed by atoms with Crippen molar-refractivity contribution in [1.82, 2.24) is 0 Å². The van der Waals surface area contributed by atoms with Gasteiger partial charge in [-0.25, -0.2) is 0 Å². The molecular weight excluding hydrogens is 233 g/mol. The van der Waals surface area contributed by atoms with Crippen LogP contribution in [0.5, 0.6) is 5.75 Å². The van der Waals surface area contributed by atoms with Gasteiger partial charge in [-0.15, -0.1) is 0 Å². The molecule has 17 heavy (non-hydrogen) atoms. The van der Waals surface area contributed by atoms with Crippen LogP contribution < -0.4 is 4.74 Å². The van der Waals surface area contributed by atoms with Gasteiger partial charge in [-0.05, 0) is 19.1 Å². The number of allylic oxidation sites excluding steroid dienone is 2. The van der Waals surface area contributed by atoms with Crippen LogP contribution >= 0.6 is 0 Å². The number of alkyl halides is 3. The van der Waals surface area contributed by atoms with E-state index in [0.717, 1.165) is 6.08 Å². The highest BCUT2D eigenvalue weighted by Gasteiger charge is 2.38. The van der Waals surface area contributed by atoms with E-state index in [9.17, 15) is 18.0 Å². The highest BCUT2D eigenvalue weighted by Crippen LogP contribution is 2.31. The molecule has 0 saturated heterocycles. The summed E-state index contributed by atoms with van der Waals surface area (Å²) in [4.78, 5) is 11.7. The number of benzene rings is 1. The minimum Gasteiger partial charge on any atom is -0.496 e. The number of hydrogen-bond acceptors (Lipinski definition) is 2. The monoisotopic (exact) mass is 244 g/mol. The molecule has 0 unspecified atom stereocenters. The normalized spacial score (nSPS) is 12.4. The summed E-state index contributed by atoms with van der Waals surface area (Å²) in [6.07, 6.45) is -3.90. The predicted octanol–water partition coefficient (Wildman–Crippen LogP) is 3.39. The lowest BCUT2D eigenvalue weighted by Gasteiger charge is -2.12. The van der Waals surface area contributed by atoms with Crippen molar-refractivity contribution < 1.29 is 22.7 Å². The average Bonchev–Trinajstić information content (AvgIpc) is 2.27. The molecule has 1 aromatic rings. The number of carbonyl (C=O) groups is 1. The van der Waals surface area contributed by atoms with E-state index in [1.807, 2.05) is 0 Å². The molecule has 0 aliphatic rings. The zero-order valence-electron chi connectivity index (χ0n) is 9.34. The van der Waals surface area contributed by atoms with E-state index in [4.69, 9.17) is 4.74 Å². The molecule has 0 atom stereocenters. The fourth-order valence-electron chi connectivity index (χ4n) is 1.40. The first-order valence-corrected chi connectivity index (χ1v) is 4.83. The van der Waals surface area contributed by atoms with Crippen LogP contribution in [0.2, 0.25) is 0 Å². The minimum atomic E-state index is -4.66. The Morgan fingerprint density at radius 2 is 1.88 bits per heavy atom. The fraction of sp³-hybridized carbons (Fsp3) is 0.250. The molecule has 92 valence electrons. The van der Waals surface area contributed by atoms with Crippen molar-refractivity contribution in [3.05, 3.63) is 41.5 Å². The molecular formula is C12H11F3O2. The van der Waals surface area contributed by atoms with E-state index in [0.29, 0.717) is 0 Å². The van der Waals surface area contributed by atoms with Crippen LogP contribution in [-0.4, -0.2) is 19.1 Å². The van der Waals surface area contributed by atoms with E-state index in [1.54, 1.807) is 6.07 Å². The second kappa shape index (κ2) is 5.03. The molecule has 0 radical (unpaired) electrons. The standard InChI is InChI=1S/C12H11F3O2/c1-3-9(12(13,14)15)11(16)8-6-4-5-7-10(8)17-2/h3-7H,1-2H3/b9-3-. The third kappa shape index (κ3) is 2.87. The Hall–Kier alpha value is -1.78. The zero-order valence-corrected chi connectivity index (χ0v) is 9.34. The van der Waals surface area contributed by atoms with Crippen molar-refractivity contribution in [2.45, 2.75) is 13.1 Å². The maximum atomic E-state index is 12.6. The maximum absolute atomic E-state index is 12.6. The number of Topliss-reactive ketones (excluding diaryl/α,β-unsaturated/α-hetero) is 1. The summed E-state index contributed by atoms with van der Waals surface area (Å²) < 4.78 is 42.5. The van der Waals surface area contributed by atoms with E-state index >= 15 is 0 Å². The van der Waals surface area contributed by atoms with Crippen LogP contribution in [0.25, 0.3) is 0 Å². The first-order chi connectivity index (χ1) is 7.91. The first-order valence-electron chi connectivity index (χ1n) is 4.83. The third-order valence-corrected chi connectivity index (χ3v) is 2.19. The molecule has 0 bridgehead atoms. The molecule has 0 aliphatic heterocycles. The lowest BCUT2D eigenvalue weighted by molar-refractivity contribution is -0.0888. The van der Waals surface area contributed by atoms with E-state index in [2.05, 4.69) is 0 Å². The van der Waals surface area contributed by atoms with Gasteiger partial charge in [-0.2, -0.15) is 13.2 Å². The first kappa shape index (κ1) is 13.3. The topological polar surface area (TPSA) is 26.3 Å². The number of para-hydroxylation sites is 1. The Morgan fingerprint density at radius 1 is 1.29 bits per heavy atom. The van der Waals surface area contributed by atoms with Gasteiger partial charge in [-0.3, -0.25) is 4.79 Å². The van der Waals surface area contributed by atoms with Gasteiger partial charge >= 0.3 is 6.18 Å². The maximum Gasteiger partial charge on any atom is 0.419 e. The average molecular weight is 244 g/mol. The van der Waals surface area contributed by atoms with Crippen LogP contribution in [0, 0.1) is 0 Å². The predicted molar refractivity (Wildman–Crippen MR) is 57.1 cm³/mol. The summed E-state index contributed by atoms with van der Waals surface area (Å²) in [6, 6.07) is 5.81. The summed E-state index contributed by atoms with van der Waals surface area (Å²) in [5.41, 5.74) is -1.29. The van der Waals surface area contributed by atoms with Gasteiger partial charge in [-0.1, -0.05) is 18.2 Å². The van der Waals surface area contributed by atoms with E-state index < -0.39 is 17.5 Å². The molecule has 0 aliphatic carbocycles. The van der Waals surface area contributed by atoms with Crippen molar-refractivity contribution in [2.24, 2.45) is 0 Å². The Balaban J connectivity index is 3.21. The Morgan fingerprint density at radius 3 is 2.35 bits per heavy atom. The van der Waals surface area contributed by atoms with Crippen LogP contribution in [-0.2, 0) is 0 Å². The molecule has 0 amide bonds. The van der Waals surface area contributed by atoms with Gasteiger partial charge in [0.05, 0.1) is 18.2 Å². The number of ether oxygens (including phenoxy) is 1. The van der Waals surface area contributed by atoms with Crippen LogP contribution in [0.1, 0.15) is 17.3 Å². The van der Waals surface area contributed by atoms with Gasteiger partial charge in [0.15, 0.2) is 0 Å². The molecule has 0 fully saturated rings. The largest absolute Gasteiger partial charge is 0.496 e. The van der Waals surface area contributed by atoms with Crippen molar-refractivity contribution in [1.29, 1.82) is 0 Å². The molecule has 0 saturated carbocycles. The smallest absolute Gasteiger partial charge is 0.419 e. The Kier molecular flexibility index (Phi) is 3.93. The Bertz CT molecular complexity index is 447. The van der Waals surface area contributed by atoms with Crippen molar-refractivity contribution in [3.8, 4) is 5.75 Å². The third-order valence-electron chi connectivity index (χ3n) is 2.19. The fourth-order valence-corrected chi connectivity index (χ4v) is 1.40. The van der Waals surface area contributed by atoms with E-state index in [1.165, 1.54) is 32.2 Å². The van der Waals surface area contributed by atoms with Gasteiger partial charge in [0.1, 0.15) is 5.75 Å². The molecule has 0 aromatic heterocycles. The quantitative estimate of drug-likeness (QED) is 0.601. The van der Waals surface area contributed by atoms with E-state index in [-0.39, 0.29) is 11.3 Å². The van der Waals surface area contributed by atoms with Crippen molar-refractivity contribution in [3.63, 3.8) is 0 Å². The number of methoxy groups -OCH3 is 1. The molecule has 0 N–H and O–H groups in total. The molecule has 0 heterocycles. The summed E-state index contributed by atoms with van der Waals surface area (Å²) in [7, 11) is 1.30. The molecule has 5 heteroatoms. The van der Waals surface area contributed by atoms with Crippen molar-refractivity contribution in [2.75, 3.05) is 7.11 Å². The van der Waals surface area contributed by atoms with Gasteiger partial charge in [0.2, 0.25) is 5.78 Å². The molecule has 1 rings (SSSR count). The van der Waals surface area contributed by atoms with Gasteiger partial charge in [0.25, 0.3) is 0 Å². The lowest BCUT2D eigenvalue weighted by Crippen LogP contribution is -2.20. The summed E-state index contributed by atoms with van der Waals surface area (Å²) in [5, 5.41) is 0. The van der Waals surface area contributed by atoms with Gasteiger partial charge in [0, 0.05) is 0 Å². The van der Waals surface area contributed by atoms with Crippen LogP contribution in [0.15, 0.2) is 35.9 Å².